The molecule has 8 heteroatoms. The molecule has 1 atom stereocenters. The maximum Gasteiger partial charge on any atom is 0.237 e. The number of likely N-dealkylation sites (N-methyl/N-ethyl adjacent to an activating group) is 2. The maximum absolute atomic E-state index is 12.5. The van der Waals surface area contributed by atoms with Crippen molar-refractivity contribution in [2.24, 2.45) is 0 Å². The molecule has 134 valence electrons. The Morgan fingerprint density at radius 2 is 1.88 bits per heavy atom. The van der Waals surface area contributed by atoms with Gasteiger partial charge in [0, 0.05) is 29.2 Å². The molecule has 1 aromatic carbocycles. The topological polar surface area (TPSA) is 57.7 Å². The average molecular weight is 393 g/mol. The van der Waals surface area contributed by atoms with Crippen LogP contribution in [0.2, 0.25) is 10.0 Å². The smallest absolute Gasteiger partial charge is 0.237 e. The predicted octanol–water partition coefficient (Wildman–Crippen LogP) is 2.46. The van der Waals surface area contributed by atoms with E-state index in [1.54, 1.807) is 11.0 Å². The fraction of sp³-hybridized carbons (Fsp3) is 0.562. The normalized spacial score (nSPS) is 19.6. The van der Waals surface area contributed by atoms with Gasteiger partial charge in [0.15, 0.2) is 9.84 Å². The summed E-state index contributed by atoms with van der Waals surface area (Å²) in [6.45, 7) is 3.14. The minimum atomic E-state index is -3.01. The molecule has 1 amide bonds. The molecule has 0 bridgehead atoms. The Hall–Kier alpha value is -0.820. The summed E-state index contributed by atoms with van der Waals surface area (Å²) in [6, 6.07) is 5.09. The third-order valence-corrected chi connectivity index (χ3v) is 6.28. The van der Waals surface area contributed by atoms with Crippen molar-refractivity contribution in [2.75, 3.05) is 31.6 Å². The van der Waals surface area contributed by atoms with Crippen molar-refractivity contribution in [3.63, 3.8) is 0 Å². The van der Waals surface area contributed by atoms with Crippen LogP contribution in [0.15, 0.2) is 18.2 Å². The molecule has 1 aromatic rings. The monoisotopic (exact) mass is 392 g/mol. The van der Waals surface area contributed by atoms with Crippen LogP contribution >= 0.6 is 23.2 Å². The molecule has 0 N–H and O–H groups in total. The third-order valence-electron chi connectivity index (χ3n) is 4.09. The highest BCUT2D eigenvalue weighted by Gasteiger charge is 2.33. The van der Waals surface area contributed by atoms with E-state index < -0.39 is 9.84 Å². The van der Waals surface area contributed by atoms with E-state index in [1.165, 1.54) is 0 Å². The summed E-state index contributed by atoms with van der Waals surface area (Å²) in [5.74, 6) is 0.175. The van der Waals surface area contributed by atoms with Crippen LogP contribution in [-0.4, -0.2) is 61.8 Å². The minimum Gasteiger partial charge on any atom is -0.338 e. The van der Waals surface area contributed by atoms with E-state index in [0.717, 1.165) is 5.56 Å². The number of rotatable bonds is 6. The van der Waals surface area contributed by atoms with E-state index in [-0.39, 0.29) is 30.0 Å². The van der Waals surface area contributed by atoms with Crippen molar-refractivity contribution in [1.82, 2.24) is 9.80 Å². The zero-order valence-electron chi connectivity index (χ0n) is 13.8. The number of amides is 1. The Bertz CT molecular complexity index is 689. The highest BCUT2D eigenvalue weighted by atomic mass is 35.5. The van der Waals surface area contributed by atoms with Crippen LogP contribution in [0, 0.1) is 0 Å². The molecule has 1 unspecified atom stereocenters. The van der Waals surface area contributed by atoms with E-state index in [4.69, 9.17) is 23.2 Å². The van der Waals surface area contributed by atoms with Gasteiger partial charge in [-0.3, -0.25) is 9.69 Å². The molecule has 24 heavy (non-hydrogen) atoms. The first-order valence-corrected chi connectivity index (χ1v) is 10.4. The van der Waals surface area contributed by atoms with Crippen molar-refractivity contribution in [3.05, 3.63) is 33.8 Å². The second-order valence-electron chi connectivity index (χ2n) is 6.19. The number of hydrogen-bond acceptors (Lipinski definition) is 4. The van der Waals surface area contributed by atoms with Gasteiger partial charge in [0.25, 0.3) is 0 Å². The molecule has 5 nitrogen and oxygen atoms in total. The van der Waals surface area contributed by atoms with Crippen molar-refractivity contribution in [3.8, 4) is 0 Å². The summed E-state index contributed by atoms with van der Waals surface area (Å²) in [4.78, 5) is 16.1. The summed E-state index contributed by atoms with van der Waals surface area (Å²) in [5, 5.41) is 1.12. The van der Waals surface area contributed by atoms with Gasteiger partial charge in [0.1, 0.15) is 0 Å². The fourth-order valence-electron chi connectivity index (χ4n) is 3.05. The first-order valence-electron chi connectivity index (χ1n) is 7.83. The zero-order chi connectivity index (χ0) is 17.9. The number of carbonyl (C=O) groups is 1. The lowest BCUT2D eigenvalue weighted by Crippen LogP contribution is -2.45. The molecule has 0 saturated carbocycles. The van der Waals surface area contributed by atoms with E-state index >= 15 is 0 Å². The minimum absolute atomic E-state index is 0.0600. The molecule has 0 spiro atoms. The second-order valence-corrected chi connectivity index (χ2v) is 9.29. The molecular formula is C16H22Cl2N2O3S. The Morgan fingerprint density at radius 3 is 2.38 bits per heavy atom. The van der Waals surface area contributed by atoms with E-state index in [0.29, 0.717) is 29.6 Å². The van der Waals surface area contributed by atoms with E-state index in [2.05, 4.69) is 0 Å². The number of benzene rings is 1. The van der Waals surface area contributed by atoms with Gasteiger partial charge < -0.3 is 4.90 Å². The Morgan fingerprint density at radius 1 is 1.25 bits per heavy atom. The molecule has 1 heterocycles. The Balaban J connectivity index is 1.96. The molecular weight excluding hydrogens is 371 g/mol. The lowest BCUT2D eigenvalue weighted by Gasteiger charge is -2.29. The van der Waals surface area contributed by atoms with Crippen molar-refractivity contribution >= 4 is 38.9 Å². The SMILES string of the molecule is CCN(C(=O)CN(C)Cc1cc(Cl)cc(Cl)c1)C1CCS(=O)(=O)C1. The van der Waals surface area contributed by atoms with Crippen LogP contribution in [0.1, 0.15) is 18.9 Å². The molecule has 1 aliphatic heterocycles. The van der Waals surface area contributed by atoms with Crippen molar-refractivity contribution in [2.45, 2.75) is 25.9 Å². The molecule has 0 radical (unpaired) electrons. The first kappa shape index (κ1) is 19.5. The maximum atomic E-state index is 12.5. The Kier molecular flexibility index (Phi) is 6.53. The van der Waals surface area contributed by atoms with Crippen LogP contribution in [0.25, 0.3) is 0 Å². The number of sulfone groups is 1. The molecule has 1 saturated heterocycles. The number of hydrogen-bond donors (Lipinski definition) is 0. The lowest BCUT2D eigenvalue weighted by molar-refractivity contribution is -0.133. The Labute approximate surface area is 153 Å². The molecule has 2 rings (SSSR count). The second kappa shape index (κ2) is 8.04. The molecule has 1 fully saturated rings. The van der Waals surface area contributed by atoms with Crippen molar-refractivity contribution in [1.29, 1.82) is 0 Å². The summed E-state index contributed by atoms with van der Waals surface area (Å²) in [7, 11) is -1.17. The highest BCUT2D eigenvalue weighted by molar-refractivity contribution is 7.91. The third kappa shape index (κ3) is 5.34. The van der Waals surface area contributed by atoms with Gasteiger partial charge in [-0.25, -0.2) is 8.42 Å². The summed E-state index contributed by atoms with van der Waals surface area (Å²) < 4.78 is 23.3. The fourth-order valence-corrected chi connectivity index (χ4v) is 5.35. The summed E-state index contributed by atoms with van der Waals surface area (Å²) >= 11 is 12.0. The lowest BCUT2D eigenvalue weighted by atomic mass is 10.2. The van der Waals surface area contributed by atoms with Crippen LogP contribution in [0.5, 0.6) is 0 Å². The highest BCUT2D eigenvalue weighted by Crippen LogP contribution is 2.21. The van der Waals surface area contributed by atoms with Crippen LogP contribution in [0.4, 0.5) is 0 Å². The number of carbonyl (C=O) groups excluding carboxylic acids is 1. The summed E-state index contributed by atoms with van der Waals surface area (Å²) in [6.07, 6.45) is 0.523. The first-order chi connectivity index (χ1) is 11.2. The van der Waals surface area contributed by atoms with Gasteiger partial charge in [-0.15, -0.1) is 0 Å². The van der Waals surface area contributed by atoms with Gasteiger partial charge in [0.05, 0.1) is 18.1 Å². The standard InChI is InChI=1S/C16H22Cl2N2O3S/c1-3-20(15-4-5-24(22,23)11-15)16(21)10-19(2)9-12-6-13(17)8-14(18)7-12/h6-8,15H,3-5,9-11H2,1-2H3. The predicted molar refractivity (Wildman–Crippen MR) is 97.2 cm³/mol. The average Bonchev–Trinajstić information content (AvgIpc) is 2.78. The molecule has 0 aliphatic carbocycles. The van der Waals surface area contributed by atoms with E-state index in [1.807, 2.05) is 31.0 Å². The zero-order valence-corrected chi connectivity index (χ0v) is 16.2. The van der Waals surface area contributed by atoms with Crippen LogP contribution in [-0.2, 0) is 21.2 Å². The van der Waals surface area contributed by atoms with Gasteiger partial charge in [-0.05, 0) is 44.2 Å². The van der Waals surface area contributed by atoms with Crippen LogP contribution in [0.3, 0.4) is 0 Å². The van der Waals surface area contributed by atoms with Gasteiger partial charge in [-0.1, -0.05) is 23.2 Å². The number of halogens is 2. The summed E-state index contributed by atoms with van der Waals surface area (Å²) in [5.41, 5.74) is 0.925. The van der Waals surface area contributed by atoms with Crippen LogP contribution < -0.4 is 0 Å². The van der Waals surface area contributed by atoms with E-state index in [9.17, 15) is 13.2 Å². The number of nitrogens with zero attached hydrogens (tertiary/aromatic N) is 2. The van der Waals surface area contributed by atoms with Crippen molar-refractivity contribution < 1.29 is 13.2 Å². The van der Waals surface area contributed by atoms with Gasteiger partial charge in [-0.2, -0.15) is 0 Å². The molecule has 0 aromatic heterocycles. The largest absolute Gasteiger partial charge is 0.338 e. The molecule has 1 aliphatic rings. The van der Waals surface area contributed by atoms with Gasteiger partial charge >= 0.3 is 0 Å². The quantitative estimate of drug-likeness (QED) is 0.745. The van der Waals surface area contributed by atoms with Gasteiger partial charge in [0.2, 0.25) is 5.91 Å².